The zero-order chi connectivity index (χ0) is 7.44. The Morgan fingerprint density at radius 3 is 2.11 bits per heavy atom. The first-order valence-electron chi connectivity index (χ1n) is 2.95. The third-order valence-electron chi connectivity index (χ3n) is 0.921. The van der Waals surface area contributed by atoms with Gasteiger partial charge in [-0.1, -0.05) is 19.9 Å². The molecule has 0 saturated carbocycles. The Hall–Kier alpha value is -0.790. The summed E-state index contributed by atoms with van der Waals surface area (Å²) in [5.74, 6) is -0.509. The molecule has 0 heterocycles. The summed E-state index contributed by atoms with van der Waals surface area (Å²) in [6.07, 6.45) is 1.72. The van der Waals surface area contributed by atoms with E-state index in [1.807, 2.05) is 13.8 Å². The van der Waals surface area contributed by atoms with Gasteiger partial charge in [0.25, 0.3) is 0 Å². The molecule has 2 nitrogen and oxygen atoms in total. The first-order valence-corrected chi connectivity index (χ1v) is 2.95. The summed E-state index contributed by atoms with van der Waals surface area (Å²) in [4.78, 5) is 10.2. The minimum absolute atomic E-state index is 0.320. The molecule has 2 heteroatoms. The van der Waals surface area contributed by atoms with Crippen LogP contribution < -0.4 is 0 Å². The smallest absolute Gasteiger partial charge is 0.330 e. The van der Waals surface area contributed by atoms with E-state index in [4.69, 9.17) is 5.11 Å². The lowest BCUT2D eigenvalue weighted by Crippen LogP contribution is -1.97. The van der Waals surface area contributed by atoms with Crippen molar-refractivity contribution in [1.82, 2.24) is 0 Å². The fourth-order valence-electron chi connectivity index (χ4n) is 0.571. The van der Waals surface area contributed by atoms with Gasteiger partial charge in [-0.2, -0.15) is 0 Å². The fourth-order valence-corrected chi connectivity index (χ4v) is 0.571. The van der Waals surface area contributed by atoms with Gasteiger partial charge in [-0.15, -0.1) is 0 Å². The van der Waals surface area contributed by atoms with Crippen molar-refractivity contribution in [2.24, 2.45) is 5.92 Å². The second-order valence-electron chi connectivity index (χ2n) is 2.40. The molecule has 0 aliphatic rings. The SMILES string of the molecule is C/C(=C\C(C)C)C(=O)O. The predicted molar refractivity (Wildman–Crippen MR) is 36.2 cm³/mol. The molecule has 0 rings (SSSR count). The van der Waals surface area contributed by atoms with Crippen LogP contribution in [-0.2, 0) is 4.79 Å². The summed E-state index contributed by atoms with van der Waals surface area (Å²) >= 11 is 0. The van der Waals surface area contributed by atoms with Crippen molar-refractivity contribution < 1.29 is 9.90 Å². The Labute approximate surface area is 55.2 Å². The van der Waals surface area contributed by atoms with Crippen molar-refractivity contribution >= 4 is 5.97 Å². The standard InChI is InChI=1S/C7H12O2/c1-5(2)4-6(3)7(8)9/h4-5H,1-3H3,(H,8,9)/b6-4+. The number of hydrogen-bond acceptors (Lipinski definition) is 1. The molecule has 1 N–H and O–H groups in total. The quantitative estimate of drug-likeness (QED) is 0.574. The van der Waals surface area contributed by atoms with Crippen LogP contribution in [0.2, 0.25) is 0 Å². The summed E-state index contributed by atoms with van der Waals surface area (Å²) in [6.45, 7) is 5.50. The highest BCUT2D eigenvalue weighted by atomic mass is 16.4. The van der Waals surface area contributed by atoms with Gasteiger partial charge in [0.15, 0.2) is 0 Å². The van der Waals surface area contributed by atoms with E-state index >= 15 is 0 Å². The van der Waals surface area contributed by atoms with E-state index in [9.17, 15) is 4.79 Å². The molecular weight excluding hydrogens is 116 g/mol. The van der Waals surface area contributed by atoms with Crippen LogP contribution in [0.5, 0.6) is 0 Å². The number of carbonyl (C=O) groups is 1. The van der Waals surface area contributed by atoms with E-state index in [0.29, 0.717) is 11.5 Å². The first kappa shape index (κ1) is 8.21. The van der Waals surface area contributed by atoms with E-state index in [-0.39, 0.29) is 0 Å². The van der Waals surface area contributed by atoms with Crippen molar-refractivity contribution in [1.29, 1.82) is 0 Å². The summed E-state index contributed by atoms with van der Waals surface area (Å²) < 4.78 is 0. The molecule has 0 aromatic rings. The van der Waals surface area contributed by atoms with Crippen molar-refractivity contribution in [3.63, 3.8) is 0 Å². The van der Waals surface area contributed by atoms with E-state index in [1.54, 1.807) is 13.0 Å². The van der Waals surface area contributed by atoms with E-state index < -0.39 is 5.97 Å². The van der Waals surface area contributed by atoms with E-state index in [2.05, 4.69) is 0 Å². The van der Waals surface area contributed by atoms with Crippen LogP contribution in [0.15, 0.2) is 11.6 Å². The van der Waals surface area contributed by atoms with Gasteiger partial charge in [0.1, 0.15) is 0 Å². The van der Waals surface area contributed by atoms with Gasteiger partial charge in [0, 0.05) is 5.57 Å². The molecule has 0 aliphatic heterocycles. The lowest BCUT2D eigenvalue weighted by atomic mass is 10.1. The molecule has 0 bridgehead atoms. The van der Waals surface area contributed by atoms with Crippen molar-refractivity contribution in [2.45, 2.75) is 20.8 Å². The average molecular weight is 128 g/mol. The molecule has 52 valence electrons. The van der Waals surface area contributed by atoms with Gasteiger partial charge in [0.05, 0.1) is 0 Å². The summed E-state index contributed by atoms with van der Waals surface area (Å²) in [6, 6.07) is 0. The maximum absolute atomic E-state index is 10.2. The molecule has 0 amide bonds. The second-order valence-corrected chi connectivity index (χ2v) is 2.40. The fraction of sp³-hybridized carbons (Fsp3) is 0.571. The van der Waals surface area contributed by atoms with Gasteiger partial charge >= 0.3 is 5.97 Å². The summed E-state index contributed by atoms with van der Waals surface area (Å²) in [5.41, 5.74) is 0.421. The molecule has 0 aromatic heterocycles. The molecule has 0 fully saturated rings. The largest absolute Gasteiger partial charge is 0.478 e. The highest BCUT2D eigenvalue weighted by Crippen LogP contribution is 2.00. The van der Waals surface area contributed by atoms with Gasteiger partial charge in [-0.3, -0.25) is 0 Å². The van der Waals surface area contributed by atoms with Crippen LogP contribution >= 0.6 is 0 Å². The van der Waals surface area contributed by atoms with Crippen LogP contribution in [0.1, 0.15) is 20.8 Å². The predicted octanol–water partition coefficient (Wildman–Crippen LogP) is 1.67. The molecule has 0 radical (unpaired) electrons. The van der Waals surface area contributed by atoms with E-state index in [1.165, 1.54) is 0 Å². The third-order valence-corrected chi connectivity index (χ3v) is 0.921. The topological polar surface area (TPSA) is 37.3 Å². The lowest BCUT2D eigenvalue weighted by Gasteiger charge is -1.95. The molecular formula is C7H12O2. The highest BCUT2D eigenvalue weighted by molar-refractivity contribution is 5.85. The van der Waals surface area contributed by atoms with Crippen molar-refractivity contribution in [3.05, 3.63) is 11.6 Å². The summed E-state index contributed by atoms with van der Waals surface area (Å²) in [5, 5.41) is 8.36. The molecule has 0 atom stereocenters. The Bertz CT molecular complexity index is 134. The highest BCUT2D eigenvalue weighted by Gasteiger charge is 1.98. The number of carboxylic acid groups (broad SMARTS) is 1. The van der Waals surface area contributed by atoms with Gasteiger partial charge < -0.3 is 5.11 Å². The van der Waals surface area contributed by atoms with Crippen LogP contribution in [0.4, 0.5) is 0 Å². The lowest BCUT2D eigenvalue weighted by molar-refractivity contribution is -0.132. The summed E-state index contributed by atoms with van der Waals surface area (Å²) in [7, 11) is 0. The maximum atomic E-state index is 10.2. The Balaban J connectivity index is 4.00. The maximum Gasteiger partial charge on any atom is 0.330 e. The normalized spacial score (nSPS) is 12.2. The van der Waals surface area contributed by atoms with Crippen LogP contribution in [-0.4, -0.2) is 11.1 Å². The van der Waals surface area contributed by atoms with Gasteiger partial charge in [-0.05, 0) is 12.8 Å². The minimum atomic E-state index is -0.830. The van der Waals surface area contributed by atoms with Crippen LogP contribution in [0, 0.1) is 5.92 Å². The Kier molecular flexibility index (Phi) is 2.99. The second kappa shape index (κ2) is 3.28. The van der Waals surface area contributed by atoms with Gasteiger partial charge in [0.2, 0.25) is 0 Å². The van der Waals surface area contributed by atoms with E-state index in [0.717, 1.165) is 0 Å². The number of allylic oxidation sites excluding steroid dienone is 1. The molecule has 0 aromatic carbocycles. The third kappa shape index (κ3) is 3.76. The molecule has 9 heavy (non-hydrogen) atoms. The zero-order valence-electron chi connectivity index (χ0n) is 6.01. The zero-order valence-corrected chi connectivity index (χ0v) is 6.01. The van der Waals surface area contributed by atoms with Crippen molar-refractivity contribution in [3.8, 4) is 0 Å². The molecule has 0 unspecified atom stereocenters. The van der Waals surface area contributed by atoms with Crippen LogP contribution in [0.3, 0.4) is 0 Å². The number of rotatable bonds is 2. The van der Waals surface area contributed by atoms with Gasteiger partial charge in [-0.25, -0.2) is 4.79 Å². The number of hydrogen-bond donors (Lipinski definition) is 1. The molecule has 0 aliphatic carbocycles. The number of carboxylic acids is 1. The Morgan fingerprint density at radius 2 is 2.00 bits per heavy atom. The van der Waals surface area contributed by atoms with Crippen LogP contribution in [0.25, 0.3) is 0 Å². The first-order chi connectivity index (χ1) is 4.04. The molecule has 0 spiro atoms. The van der Waals surface area contributed by atoms with Crippen molar-refractivity contribution in [2.75, 3.05) is 0 Å². The Morgan fingerprint density at radius 1 is 1.56 bits per heavy atom. The average Bonchev–Trinajstić information content (AvgIpc) is 1.63. The monoisotopic (exact) mass is 128 g/mol. The number of aliphatic carboxylic acids is 1. The minimum Gasteiger partial charge on any atom is -0.478 e. The molecule has 0 saturated heterocycles.